The molecule has 0 saturated heterocycles. The third-order valence-electron chi connectivity index (χ3n) is 2.36. The molecule has 1 aromatic heterocycles. The van der Waals surface area contributed by atoms with E-state index in [-0.39, 0.29) is 18.1 Å². The number of nitrogens with one attached hydrogen (secondary N) is 1. The van der Waals surface area contributed by atoms with Crippen molar-refractivity contribution < 1.29 is 9.90 Å². The number of phenolic OH excluding ortho intramolecular Hbond substituents is 1. The van der Waals surface area contributed by atoms with Gasteiger partial charge in [-0.25, -0.2) is 0 Å². The molecule has 18 heavy (non-hydrogen) atoms. The zero-order valence-corrected chi connectivity index (χ0v) is 11.9. The maximum Gasteiger partial charge on any atom is 0.224 e. The van der Waals surface area contributed by atoms with Crippen LogP contribution in [0.2, 0.25) is 0 Å². The van der Waals surface area contributed by atoms with Crippen molar-refractivity contribution in [1.82, 2.24) is 5.32 Å². The first-order valence-corrected chi connectivity index (χ1v) is 7.08. The lowest BCUT2D eigenvalue weighted by Crippen LogP contribution is -2.24. The van der Waals surface area contributed by atoms with Crippen molar-refractivity contribution in [3.05, 3.63) is 50.6 Å². The van der Waals surface area contributed by atoms with Crippen molar-refractivity contribution in [2.24, 2.45) is 0 Å². The predicted octanol–water partition coefficient (Wildman–Crippen LogP) is 3.08. The summed E-state index contributed by atoms with van der Waals surface area (Å²) >= 11 is 4.97. The van der Waals surface area contributed by atoms with E-state index in [0.717, 1.165) is 14.9 Å². The summed E-state index contributed by atoms with van der Waals surface area (Å²) in [6.45, 7) is 0.536. The van der Waals surface area contributed by atoms with E-state index in [1.165, 1.54) is 0 Å². The molecule has 0 aliphatic carbocycles. The van der Waals surface area contributed by atoms with Crippen molar-refractivity contribution in [2.75, 3.05) is 0 Å². The number of halogens is 1. The van der Waals surface area contributed by atoms with Crippen molar-refractivity contribution in [1.29, 1.82) is 0 Å². The molecule has 0 aliphatic heterocycles. The molecule has 1 aromatic carbocycles. The summed E-state index contributed by atoms with van der Waals surface area (Å²) in [5.41, 5.74) is 0.805. The van der Waals surface area contributed by atoms with E-state index in [1.807, 2.05) is 17.5 Å². The Labute approximate surface area is 118 Å². The number of thiophene rings is 1. The summed E-state index contributed by atoms with van der Waals surface area (Å²) in [5, 5.41) is 14.1. The lowest BCUT2D eigenvalue weighted by Gasteiger charge is -2.04. The molecule has 0 unspecified atom stereocenters. The van der Waals surface area contributed by atoms with Crippen LogP contribution in [0.3, 0.4) is 0 Å². The Hall–Kier alpha value is -1.33. The first-order valence-electron chi connectivity index (χ1n) is 5.41. The molecule has 1 amide bonds. The Morgan fingerprint density at radius 2 is 2.22 bits per heavy atom. The predicted molar refractivity (Wildman–Crippen MR) is 75.7 cm³/mol. The average molecular weight is 326 g/mol. The molecule has 0 atom stereocenters. The minimum atomic E-state index is -0.0508. The van der Waals surface area contributed by atoms with E-state index in [4.69, 9.17) is 0 Å². The molecule has 94 valence electrons. The summed E-state index contributed by atoms with van der Waals surface area (Å²) < 4.78 is 1.03. The Morgan fingerprint density at radius 3 is 2.89 bits per heavy atom. The second-order valence-electron chi connectivity index (χ2n) is 3.85. The maximum absolute atomic E-state index is 11.7. The number of carbonyl (C=O) groups excluding carboxylic acids is 1. The minimum absolute atomic E-state index is 0.0508. The van der Waals surface area contributed by atoms with Crippen molar-refractivity contribution >= 4 is 33.2 Å². The van der Waals surface area contributed by atoms with Crippen LogP contribution in [0.25, 0.3) is 0 Å². The maximum atomic E-state index is 11.7. The van der Waals surface area contributed by atoms with Gasteiger partial charge in [0, 0.05) is 14.7 Å². The second kappa shape index (κ2) is 6.02. The van der Waals surface area contributed by atoms with Crippen LogP contribution >= 0.6 is 27.3 Å². The van der Waals surface area contributed by atoms with E-state index < -0.39 is 0 Å². The van der Waals surface area contributed by atoms with Crippen LogP contribution in [0, 0.1) is 0 Å². The zero-order chi connectivity index (χ0) is 13.0. The van der Waals surface area contributed by atoms with Crippen molar-refractivity contribution in [2.45, 2.75) is 13.0 Å². The molecule has 5 heteroatoms. The van der Waals surface area contributed by atoms with Gasteiger partial charge in [-0.3, -0.25) is 4.79 Å². The van der Waals surface area contributed by atoms with Crippen LogP contribution in [0.5, 0.6) is 5.75 Å². The lowest BCUT2D eigenvalue weighted by atomic mass is 10.1. The fraction of sp³-hybridized carbons (Fsp3) is 0.154. The van der Waals surface area contributed by atoms with Gasteiger partial charge in [-0.1, -0.05) is 12.1 Å². The van der Waals surface area contributed by atoms with Crippen LogP contribution in [0.1, 0.15) is 10.4 Å². The monoisotopic (exact) mass is 325 g/mol. The highest BCUT2D eigenvalue weighted by atomic mass is 79.9. The van der Waals surface area contributed by atoms with Gasteiger partial charge in [0.25, 0.3) is 0 Å². The van der Waals surface area contributed by atoms with Crippen LogP contribution in [-0.2, 0) is 17.8 Å². The van der Waals surface area contributed by atoms with Gasteiger partial charge in [0.15, 0.2) is 0 Å². The normalized spacial score (nSPS) is 10.3. The summed E-state index contributed by atoms with van der Waals surface area (Å²) in [7, 11) is 0. The highest BCUT2D eigenvalue weighted by Crippen LogP contribution is 2.19. The molecule has 3 nitrogen and oxygen atoms in total. The van der Waals surface area contributed by atoms with Crippen molar-refractivity contribution in [3.63, 3.8) is 0 Å². The third-order valence-corrected chi connectivity index (χ3v) is 4.05. The Bertz CT molecular complexity index is 553. The van der Waals surface area contributed by atoms with Gasteiger partial charge in [-0.05, 0) is 39.7 Å². The average Bonchev–Trinajstić information content (AvgIpc) is 2.73. The standard InChI is InChI=1S/C13H12BrNO2S/c14-10-6-12(18-8-10)7-15-13(17)5-9-2-1-3-11(16)4-9/h1-4,6,8,16H,5,7H2,(H,15,17). The molecule has 0 saturated carbocycles. The number of benzene rings is 1. The van der Waals surface area contributed by atoms with Gasteiger partial charge in [0.05, 0.1) is 13.0 Å². The molecule has 2 aromatic rings. The van der Waals surface area contributed by atoms with E-state index in [9.17, 15) is 9.90 Å². The van der Waals surface area contributed by atoms with Crippen LogP contribution in [0.15, 0.2) is 40.2 Å². The molecule has 0 aliphatic rings. The third kappa shape index (κ3) is 3.85. The molecule has 0 spiro atoms. The lowest BCUT2D eigenvalue weighted by molar-refractivity contribution is -0.120. The molecule has 1 heterocycles. The SMILES string of the molecule is O=C(Cc1cccc(O)c1)NCc1cc(Br)cs1. The quantitative estimate of drug-likeness (QED) is 0.907. The summed E-state index contributed by atoms with van der Waals surface area (Å²) in [5.74, 6) is 0.132. The van der Waals surface area contributed by atoms with E-state index in [1.54, 1.807) is 29.5 Å². The number of hydrogen-bond donors (Lipinski definition) is 2. The zero-order valence-electron chi connectivity index (χ0n) is 9.52. The fourth-order valence-corrected chi connectivity index (χ4v) is 2.94. The molecule has 0 fully saturated rings. The number of carbonyl (C=O) groups is 1. The largest absolute Gasteiger partial charge is 0.508 e. The Morgan fingerprint density at radius 1 is 1.39 bits per heavy atom. The van der Waals surface area contributed by atoms with Crippen LogP contribution < -0.4 is 5.32 Å². The summed E-state index contributed by atoms with van der Waals surface area (Å²) in [6.07, 6.45) is 0.279. The first kappa shape index (κ1) is 13.1. The molecule has 2 rings (SSSR count). The topological polar surface area (TPSA) is 49.3 Å². The van der Waals surface area contributed by atoms with E-state index in [2.05, 4.69) is 21.2 Å². The highest BCUT2D eigenvalue weighted by Gasteiger charge is 2.05. The summed E-state index contributed by atoms with van der Waals surface area (Å²) in [6, 6.07) is 8.72. The summed E-state index contributed by atoms with van der Waals surface area (Å²) in [4.78, 5) is 12.8. The number of phenols is 1. The minimum Gasteiger partial charge on any atom is -0.508 e. The van der Waals surface area contributed by atoms with E-state index >= 15 is 0 Å². The second-order valence-corrected chi connectivity index (χ2v) is 5.77. The molecule has 0 bridgehead atoms. The number of hydrogen-bond acceptors (Lipinski definition) is 3. The van der Waals surface area contributed by atoms with Crippen LogP contribution in [-0.4, -0.2) is 11.0 Å². The van der Waals surface area contributed by atoms with Gasteiger partial charge >= 0.3 is 0 Å². The van der Waals surface area contributed by atoms with Gasteiger partial charge in [-0.2, -0.15) is 0 Å². The fourth-order valence-electron chi connectivity index (χ4n) is 1.55. The number of aromatic hydroxyl groups is 1. The van der Waals surface area contributed by atoms with Gasteiger partial charge in [0.1, 0.15) is 5.75 Å². The van der Waals surface area contributed by atoms with Gasteiger partial charge < -0.3 is 10.4 Å². The van der Waals surface area contributed by atoms with E-state index in [0.29, 0.717) is 6.54 Å². The Balaban J connectivity index is 1.85. The molecule has 0 radical (unpaired) electrons. The van der Waals surface area contributed by atoms with Gasteiger partial charge in [0.2, 0.25) is 5.91 Å². The smallest absolute Gasteiger partial charge is 0.224 e. The molecule has 2 N–H and O–H groups in total. The molecular weight excluding hydrogens is 314 g/mol. The number of amides is 1. The van der Waals surface area contributed by atoms with Crippen molar-refractivity contribution in [3.8, 4) is 5.75 Å². The van der Waals surface area contributed by atoms with Crippen LogP contribution in [0.4, 0.5) is 0 Å². The van der Waals surface area contributed by atoms with Gasteiger partial charge in [-0.15, -0.1) is 11.3 Å². The molecular formula is C13H12BrNO2S. The highest BCUT2D eigenvalue weighted by molar-refractivity contribution is 9.10. The first-order chi connectivity index (χ1) is 8.63. The number of rotatable bonds is 4. The Kier molecular flexibility index (Phi) is 4.38.